The average Bonchev–Trinajstić information content (AvgIpc) is 2.99. The number of fused-ring (bicyclic) bond motifs is 2. The molecule has 1 N–H and O–H groups in total. The van der Waals surface area contributed by atoms with Gasteiger partial charge in [-0.25, -0.2) is 4.98 Å². The van der Waals surface area contributed by atoms with E-state index in [2.05, 4.69) is 10.3 Å². The summed E-state index contributed by atoms with van der Waals surface area (Å²) in [5.41, 5.74) is 2.25. The lowest BCUT2D eigenvalue weighted by atomic mass is 10.2. The zero-order chi connectivity index (χ0) is 22.8. The number of anilines is 1. The molecule has 0 unspecified atom stereocenters. The molecule has 4 aromatic rings. The van der Waals surface area contributed by atoms with Crippen LogP contribution in [0.2, 0.25) is 0 Å². The zero-order valence-corrected chi connectivity index (χ0v) is 19.2. The van der Waals surface area contributed by atoms with Gasteiger partial charge in [-0.05, 0) is 43.5 Å². The van der Waals surface area contributed by atoms with Crippen LogP contribution in [0.4, 0.5) is 5.69 Å². The Morgan fingerprint density at radius 2 is 2.12 bits per heavy atom. The fourth-order valence-corrected chi connectivity index (χ4v) is 5.21. The van der Waals surface area contributed by atoms with Crippen molar-refractivity contribution in [2.45, 2.75) is 45.8 Å². The number of benzene rings is 1. The van der Waals surface area contributed by atoms with Gasteiger partial charge in [0.15, 0.2) is 0 Å². The van der Waals surface area contributed by atoms with E-state index in [-0.39, 0.29) is 11.5 Å². The van der Waals surface area contributed by atoms with Crippen LogP contribution in [0, 0.1) is 6.92 Å². The number of nitrogens with one attached hydrogen (secondary N) is 1. The maximum absolute atomic E-state index is 13.2. The van der Waals surface area contributed by atoms with Crippen LogP contribution < -0.4 is 15.6 Å². The van der Waals surface area contributed by atoms with Gasteiger partial charge in [-0.2, -0.15) is 0 Å². The van der Waals surface area contributed by atoms with E-state index >= 15 is 0 Å². The summed E-state index contributed by atoms with van der Waals surface area (Å²) >= 11 is 1.28. The Kier molecular flexibility index (Phi) is 5.92. The van der Waals surface area contributed by atoms with Gasteiger partial charge in [0.2, 0.25) is 0 Å². The molecule has 0 saturated heterocycles. The number of hydrogen-bond acceptors (Lipinski definition) is 6. The minimum absolute atomic E-state index is 0.0319. The molecule has 1 aliphatic heterocycles. The normalized spacial score (nSPS) is 13.4. The molecule has 168 valence electrons. The highest BCUT2D eigenvalue weighted by atomic mass is 32.1. The number of rotatable bonds is 5. The third-order valence-electron chi connectivity index (χ3n) is 5.84. The highest BCUT2D eigenvalue weighted by molar-refractivity contribution is 7.20. The van der Waals surface area contributed by atoms with E-state index in [0.717, 1.165) is 37.1 Å². The van der Waals surface area contributed by atoms with Crippen LogP contribution >= 0.6 is 11.3 Å². The number of ether oxygens (including phenoxy) is 1. The predicted molar refractivity (Wildman–Crippen MR) is 129 cm³/mol. The Morgan fingerprint density at radius 3 is 2.97 bits per heavy atom. The molecule has 0 saturated carbocycles. The van der Waals surface area contributed by atoms with E-state index in [1.807, 2.05) is 37.3 Å². The lowest BCUT2D eigenvalue weighted by molar-refractivity contribution is 0.103. The summed E-state index contributed by atoms with van der Waals surface area (Å²) in [6.07, 6.45) is 7.40. The van der Waals surface area contributed by atoms with E-state index < -0.39 is 0 Å². The van der Waals surface area contributed by atoms with Gasteiger partial charge in [0, 0.05) is 42.7 Å². The monoisotopic (exact) mass is 460 g/mol. The second-order valence-electron chi connectivity index (χ2n) is 8.16. The molecule has 7 nitrogen and oxygen atoms in total. The molecule has 0 spiro atoms. The van der Waals surface area contributed by atoms with Gasteiger partial charge < -0.3 is 10.1 Å². The van der Waals surface area contributed by atoms with Gasteiger partial charge in [-0.1, -0.05) is 18.6 Å². The van der Waals surface area contributed by atoms with Gasteiger partial charge in [-0.3, -0.25) is 19.1 Å². The first-order chi connectivity index (χ1) is 16.1. The van der Waals surface area contributed by atoms with Crippen LogP contribution in [0.3, 0.4) is 0 Å². The summed E-state index contributed by atoms with van der Waals surface area (Å²) in [4.78, 5) is 36.2. The molecule has 0 bridgehead atoms. The van der Waals surface area contributed by atoms with Crippen molar-refractivity contribution in [1.29, 1.82) is 0 Å². The Bertz CT molecular complexity index is 1380. The van der Waals surface area contributed by atoms with Gasteiger partial charge in [0.05, 0.1) is 10.3 Å². The molecule has 5 rings (SSSR count). The summed E-state index contributed by atoms with van der Waals surface area (Å²) in [7, 11) is 0. The molecule has 0 radical (unpaired) electrons. The van der Waals surface area contributed by atoms with E-state index in [1.54, 1.807) is 23.0 Å². The second-order valence-corrected chi connectivity index (χ2v) is 9.16. The molecule has 0 fully saturated rings. The number of nitrogens with zero attached hydrogens (tertiary/aromatic N) is 3. The highest BCUT2D eigenvalue weighted by Gasteiger charge is 2.22. The second kappa shape index (κ2) is 9.15. The number of carbonyl (C=O) groups is 1. The molecule has 0 atom stereocenters. The molecule has 3 aromatic heterocycles. The Hall–Kier alpha value is -3.52. The first-order valence-corrected chi connectivity index (χ1v) is 11.9. The number of amides is 1. The van der Waals surface area contributed by atoms with Gasteiger partial charge >= 0.3 is 0 Å². The van der Waals surface area contributed by atoms with Gasteiger partial charge in [-0.15, -0.1) is 11.3 Å². The van der Waals surface area contributed by atoms with Crippen LogP contribution in [0.15, 0.2) is 53.6 Å². The quantitative estimate of drug-likeness (QED) is 0.466. The number of thiophene rings is 1. The summed E-state index contributed by atoms with van der Waals surface area (Å²) in [6, 6.07) is 11.1. The maximum atomic E-state index is 13.2. The van der Waals surface area contributed by atoms with Crippen molar-refractivity contribution in [3.63, 3.8) is 0 Å². The lowest BCUT2D eigenvalue weighted by Crippen LogP contribution is -2.24. The van der Waals surface area contributed by atoms with E-state index in [4.69, 9.17) is 9.72 Å². The van der Waals surface area contributed by atoms with Crippen molar-refractivity contribution >= 4 is 33.1 Å². The van der Waals surface area contributed by atoms with Crippen LogP contribution in [-0.2, 0) is 19.6 Å². The topological polar surface area (TPSA) is 86.1 Å². The highest BCUT2D eigenvalue weighted by Crippen LogP contribution is 2.29. The molecular weight excluding hydrogens is 436 g/mol. The van der Waals surface area contributed by atoms with Crippen molar-refractivity contribution in [3.05, 3.63) is 81.0 Å². The number of aryl methyl sites for hydroxylation is 2. The van der Waals surface area contributed by atoms with Crippen LogP contribution in [0.5, 0.6) is 5.75 Å². The third kappa shape index (κ3) is 4.39. The molecule has 1 aliphatic rings. The Morgan fingerprint density at radius 1 is 1.21 bits per heavy atom. The molecule has 1 aromatic carbocycles. The maximum Gasteiger partial charge on any atom is 0.266 e. The molecule has 0 aliphatic carbocycles. The molecule has 4 heterocycles. The van der Waals surface area contributed by atoms with E-state index in [0.29, 0.717) is 45.2 Å². The first kappa shape index (κ1) is 21.3. The van der Waals surface area contributed by atoms with E-state index in [9.17, 15) is 9.59 Å². The average molecular weight is 461 g/mol. The van der Waals surface area contributed by atoms with Crippen molar-refractivity contribution in [1.82, 2.24) is 14.5 Å². The lowest BCUT2D eigenvalue weighted by Gasteiger charge is -2.09. The summed E-state index contributed by atoms with van der Waals surface area (Å²) in [6.45, 7) is 2.91. The Balaban J connectivity index is 1.38. The summed E-state index contributed by atoms with van der Waals surface area (Å²) in [5.74, 6) is 1.23. The number of hydrogen-bond donors (Lipinski definition) is 1. The smallest absolute Gasteiger partial charge is 0.266 e. The largest absolute Gasteiger partial charge is 0.489 e. The minimum atomic E-state index is -0.250. The minimum Gasteiger partial charge on any atom is -0.489 e. The third-order valence-corrected chi connectivity index (χ3v) is 7.02. The number of carbonyl (C=O) groups excluding carboxylic acids is 1. The van der Waals surface area contributed by atoms with Crippen molar-refractivity contribution in [3.8, 4) is 5.75 Å². The summed E-state index contributed by atoms with van der Waals surface area (Å²) in [5, 5.41) is 3.50. The Labute approximate surface area is 195 Å². The van der Waals surface area contributed by atoms with Crippen LogP contribution in [0.25, 0.3) is 10.2 Å². The van der Waals surface area contributed by atoms with Crippen molar-refractivity contribution < 1.29 is 9.53 Å². The fourth-order valence-electron chi connectivity index (χ4n) is 4.13. The zero-order valence-electron chi connectivity index (χ0n) is 18.3. The van der Waals surface area contributed by atoms with Crippen molar-refractivity contribution in [2.75, 3.05) is 5.32 Å². The van der Waals surface area contributed by atoms with Gasteiger partial charge in [0.1, 0.15) is 23.0 Å². The first-order valence-electron chi connectivity index (χ1n) is 11.1. The molecule has 8 heteroatoms. The number of pyridine rings is 1. The standard InChI is InChI=1S/C25H24N4O3S/c1-16-21-24(28-20-10-3-2-4-12-29(20)25(21)31)33-22(16)23(30)27-18-8-5-9-19(13-18)32-15-17-7-6-11-26-14-17/h5-9,11,13-14H,2-4,10,12,15H2,1H3,(H,27,30). The molecule has 33 heavy (non-hydrogen) atoms. The molecule has 1 amide bonds. The number of aromatic nitrogens is 3. The summed E-state index contributed by atoms with van der Waals surface area (Å²) < 4.78 is 7.62. The SMILES string of the molecule is Cc1c(C(=O)Nc2cccc(OCc3cccnc3)c2)sc2nc3n(c(=O)c12)CCCCC3. The van der Waals surface area contributed by atoms with Gasteiger partial charge in [0.25, 0.3) is 11.5 Å². The fraction of sp³-hybridized carbons (Fsp3) is 0.280. The van der Waals surface area contributed by atoms with E-state index in [1.165, 1.54) is 11.3 Å². The van der Waals surface area contributed by atoms with Crippen LogP contribution in [0.1, 0.15) is 45.9 Å². The van der Waals surface area contributed by atoms with Crippen molar-refractivity contribution in [2.24, 2.45) is 0 Å². The predicted octanol–water partition coefficient (Wildman–Crippen LogP) is 4.72. The molecular formula is C25H24N4O3S. The van der Waals surface area contributed by atoms with Crippen LogP contribution in [-0.4, -0.2) is 20.4 Å².